The molecule has 0 unspecified atom stereocenters. The Morgan fingerprint density at radius 2 is 2.06 bits per heavy atom. The normalized spacial score (nSPS) is 10.5. The van der Waals surface area contributed by atoms with Crippen molar-refractivity contribution in [2.45, 2.75) is 13.8 Å². The third-order valence-corrected chi connectivity index (χ3v) is 2.28. The van der Waals surface area contributed by atoms with Gasteiger partial charge in [-0.1, -0.05) is 0 Å². The third kappa shape index (κ3) is 2.13. The molecule has 0 aliphatic heterocycles. The van der Waals surface area contributed by atoms with Crippen LogP contribution in [0, 0.1) is 6.92 Å². The van der Waals surface area contributed by atoms with Crippen molar-refractivity contribution >= 4 is 16.9 Å². The highest BCUT2D eigenvalue weighted by Gasteiger charge is 2.10. The Labute approximate surface area is 96.2 Å². The summed E-state index contributed by atoms with van der Waals surface area (Å²) in [4.78, 5) is 22.0. The summed E-state index contributed by atoms with van der Waals surface area (Å²) in [6.07, 6.45) is 0. The Hall–Kier alpha value is -2.30. The van der Waals surface area contributed by atoms with Crippen molar-refractivity contribution in [1.82, 2.24) is 0 Å². The number of hydrogen-bond donors (Lipinski definition) is 1. The summed E-state index contributed by atoms with van der Waals surface area (Å²) in [6, 6.07) is 4.04. The maximum Gasteiger partial charge on any atom is 0.336 e. The molecule has 0 saturated carbocycles. The van der Waals surface area contributed by atoms with Crippen molar-refractivity contribution in [1.29, 1.82) is 0 Å². The van der Waals surface area contributed by atoms with E-state index < -0.39 is 11.6 Å². The van der Waals surface area contributed by atoms with Gasteiger partial charge in [-0.05, 0) is 18.6 Å². The molecule has 0 spiro atoms. The van der Waals surface area contributed by atoms with Gasteiger partial charge in [0, 0.05) is 24.4 Å². The summed E-state index contributed by atoms with van der Waals surface area (Å²) in [5.74, 6) is -0.738. The van der Waals surface area contributed by atoms with E-state index in [1.54, 1.807) is 6.92 Å². The number of fused-ring (bicyclic) bond motifs is 1. The molecule has 2 rings (SSSR count). The molecule has 1 heterocycles. The van der Waals surface area contributed by atoms with E-state index in [1.165, 1.54) is 25.1 Å². The van der Waals surface area contributed by atoms with Gasteiger partial charge in [-0.25, -0.2) is 4.79 Å². The molecule has 0 atom stereocenters. The first-order chi connectivity index (χ1) is 7.97. The third-order valence-electron chi connectivity index (χ3n) is 2.28. The van der Waals surface area contributed by atoms with Gasteiger partial charge in [-0.15, -0.1) is 0 Å². The van der Waals surface area contributed by atoms with Crippen LogP contribution >= 0.6 is 0 Å². The van der Waals surface area contributed by atoms with Crippen molar-refractivity contribution < 1.29 is 19.1 Å². The van der Waals surface area contributed by atoms with Gasteiger partial charge < -0.3 is 14.3 Å². The molecule has 0 radical (unpaired) electrons. The maximum absolute atomic E-state index is 11.1. The number of aryl methyl sites for hydroxylation is 1. The van der Waals surface area contributed by atoms with Gasteiger partial charge in [0.05, 0.1) is 0 Å². The lowest BCUT2D eigenvalue weighted by atomic mass is 10.1. The first-order valence-corrected chi connectivity index (χ1v) is 4.93. The van der Waals surface area contributed by atoms with Crippen LogP contribution in [0.1, 0.15) is 12.5 Å². The highest BCUT2D eigenvalue weighted by Crippen LogP contribution is 2.32. The van der Waals surface area contributed by atoms with Gasteiger partial charge in [-0.3, -0.25) is 4.79 Å². The summed E-state index contributed by atoms with van der Waals surface area (Å²) in [5.41, 5.74) is 0.447. The van der Waals surface area contributed by atoms with Gasteiger partial charge in [0.25, 0.3) is 0 Å². The maximum atomic E-state index is 11.1. The molecule has 0 aliphatic carbocycles. The highest BCUT2D eigenvalue weighted by molar-refractivity contribution is 5.84. The van der Waals surface area contributed by atoms with Crippen molar-refractivity contribution in [3.63, 3.8) is 0 Å². The fraction of sp³-hybridized carbons (Fsp3) is 0.167. The molecule has 17 heavy (non-hydrogen) atoms. The lowest BCUT2D eigenvalue weighted by molar-refractivity contribution is -0.132. The zero-order valence-corrected chi connectivity index (χ0v) is 9.31. The van der Waals surface area contributed by atoms with E-state index in [9.17, 15) is 14.7 Å². The van der Waals surface area contributed by atoms with Crippen LogP contribution in [0.5, 0.6) is 11.5 Å². The average molecular weight is 234 g/mol. The number of benzene rings is 1. The molecule has 1 aromatic carbocycles. The van der Waals surface area contributed by atoms with Crippen LogP contribution in [0.25, 0.3) is 11.0 Å². The van der Waals surface area contributed by atoms with Gasteiger partial charge in [0.2, 0.25) is 0 Å². The van der Waals surface area contributed by atoms with Crippen LogP contribution in [-0.2, 0) is 4.79 Å². The number of phenolic OH excluding ortho intramolecular Hbond substituents is 1. The number of hydrogen-bond acceptors (Lipinski definition) is 5. The summed E-state index contributed by atoms with van der Waals surface area (Å²) < 4.78 is 9.76. The van der Waals surface area contributed by atoms with Crippen LogP contribution in [0.4, 0.5) is 0 Å². The standard InChI is InChI=1S/C12H10O5/c1-6-3-12(15)17-10-5-9(14)11(4-8(6)10)16-7(2)13/h3-5,14H,1-2H3. The first kappa shape index (κ1) is 11.2. The van der Waals surface area contributed by atoms with Crippen molar-refractivity contribution in [2.75, 3.05) is 0 Å². The van der Waals surface area contributed by atoms with Crippen LogP contribution in [0.15, 0.2) is 27.4 Å². The second-order valence-electron chi connectivity index (χ2n) is 3.66. The molecule has 1 N–H and O–H groups in total. The quantitative estimate of drug-likeness (QED) is 0.462. The number of ether oxygens (including phenoxy) is 1. The first-order valence-electron chi connectivity index (χ1n) is 4.93. The Balaban J connectivity index is 2.71. The second-order valence-corrected chi connectivity index (χ2v) is 3.66. The van der Waals surface area contributed by atoms with E-state index in [4.69, 9.17) is 9.15 Å². The molecule has 88 valence electrons. The molecule has 0 aliphatic rings. The number of aromatic hydroxyl groups is 1. The zero-order valence-electron chi connectivity index (χ0n) is 9.31. The molecular weight excluding hydrogens is 224 g/mol. The minimum atomic E-state index is -0.533. The van der Waals surface area contributed by atoms with Crippen molar-refractivity contribution in [2.24, 2.45) is 0 Å². The molecule has 0 bridgehead atoms. The predicted molar refractivity (Wildman–Crippen MR) is 60.2 cm³/mol. The summed E-state index contributed by atoms with van der Waals surface area (Å²) >= 11 is 0. The molecule has 0 amide bonds. The van der Waals surface area contributed by atoms with E-state index in [0.29, 0.717) is 10.9 Å². The van der Waals surface area contributed by atoms with Crippen molar-refractivity contribution in [3.05, 3.63) is 34.2 Å². The van der Waals surface area contributed by atoms with E-state index >= 15 is 0 Å². The summed E-state index contributed by atoms with van der Waals surface area (Å²) in [7, 11) is 0. The minimum absolute atomic E-state index is 0.0435. The Bertz CT molecular complexity index is 654. The molecule has 0 saturated heterocycles. The lowest BCUT2D eigenvalue weighted by Gasteiger charge is -2.06. The molecular formula is C12H10O5. The summed E-state index contributed by atoms with van der Waals surface area (Å²) in [6.45, 7) is 2.97. The SMILES string of the molecule is CC(=O)Oc1cc2c(C)cc(=O)oc2cc1O. The largest absolute Gasteiger partial charge is 0.504 e. The number of phenols is 1. The summed E-state index contributed by atoms with van der Waals surface area (Å²) in [5, 5.41) is 10.2. The van der Waals surface area contributed by atoms with Crippen LogP contribution in [0.3, 0.4) is 0 Å². The zero-order chi connectivity index (χ0) is 12.6. The van der Waals surface area contributed by atoms with Gasteiger partial charge >= 0.3 is 11.6 Å². The van der Waals surface area contributed by atoms with Crippen LogP contribution in [0.2, 0.25) is 0 Å². The van der Waals surface area contributed by atoms with Gasteiger partial charge in [-0.2, -0.15) is 0 Å². The van der Waals surface area contributed by atoms with Gasteiger partial charge in [0.1, 0.15) is 5.58 Å². The smallest absolute Gasteiger partial charge is 0.336 e. The van der Waals surface area contributed by atoms with Crippen molar-refractivity contribution in [3.8, 4) is 11.5 Å². The number of carbonyl (C=O) groups excluding carboxylic acids is 1. The predicted octanol–water partition coefficient (Wildman–Crippen LogP) is 1.73. The van der Waals surface area contributed by atoms with Crippen LogP contribution < -0.4 is 10.4 Å². The monoisotopic (exact) mass is 234 g/mol. The van der Waals surface area contributed by atoms with E-state index in [2.05, 4.69) is 0 Å². The Morgan fingerprint density at radius 3 is 2.71 bits per heavy atom. The number of esters is 1. The lowest BCUT2D eigenvalue weighted by Crippen LogP contribution is -2.02. The fourth-order valence-electron chi connectivity index (χ4n) is 1.57. The van der Waals surface area contributed by atoms with E-state index in [-0.39, 0.29) is 17.1 Å². The Morgan fingerprint density at radius 1 is 1.35 bits per heavy atom. The number of rotatable bonds is 1. The average Bonchev–Trinajstić information content (AvgIpc) is 2.19. The number of carbonyl (C=O) groups is 1. The Kier molecular flexibility index (Phi) is 2.59. The molecule has 1 aromatic heterocycles. The topological polar surface area (TPSA) is 76.7 Å². The highest BCUT2D eigenvalue weighted by atomic mass is 16.5. The van der Waals surface area contributed by atoms with Crippen LogP contribution in [-0.4, -0.2) is 11.1 Å². The second kappa shape index (κ2) is 3.93. The molecule has 5 heteroatoms. The molecule has 0 fully saturated rings. The van der Waals surface area contributed by atoms with E-state index in [0.717, 1.165) is 0 Å². The molecule has 5 nitrogen and oxygen atoms in total. The van der Waals surface area contributed by atoms with Gasteiger partial charge in [0.15, 0.2) is 11.5 Å². The van der Waals surface area contributed by atoms with E-state index in [1.807, 2.05) is 0 Å². The molecule has 2 aromatic rings. The fourth-order valence-corrected chi connectivity index (χ4v) is 1.57. The minimum Gasteiger partial charge on any atom is -0.504 e.